The van der Waals surface area contributed by atoms with Crippen molar-refractivity contribution < 1.29 is 4.74 Å². The van der Waals surface area contributed by atoms with E-state index >= 15 is 0 Å². The first-order valence-electron chi connectivity index (χ1n) is 6.37. The van der Waals surface area contributed by atoms with Gasteiger partial charge in [0, 0.05) is 11.6 Å². The highest BCUT2D eigenvalue weighted by molar-refractivity contribution is 5.36. The standard InChI is InChI=1S/C15H21NO/c1-12(2)11-17-15-9-4-3-7-13(15)14-8-5-6-10-16-14/h3-4,7,9,14,16H,1,5-6,8,10-11H2,2H3. The Bertz CT molecular complexity index is 380. The third-order valence-corrected chi connectivity index (χ3v) is 3.08. The Hall–Kier alpha value is -1.28. The number of piperidine rings is 1. The molecule has 1 aromatic rings. The summed E-state index contributed by atoms with van der Waals surface area (Å²) in [7, 11) is 0. The van der Waals surface area contributed by atoms with Gasteiger partial charge in [-0.1, -0.05) is 31.2 Å². The molecule has 2 heteroatoms. The average molecular weight is 231 g/mol. The molecule has 1 unspecified atom stereocenters. The van der Waals surface area contributed by atoms with Crippen LogP contribution in [0.2, 0.25) is 0 Å². The van der Waals surface area contributed by atoms with Crippen molar-refractivity contribution in [1.82, 2.24) is 5.32 Å². The van der Waals surface area contributed by atoms with Crippen LogP contribution in [0.4, 0.5) is 0 Å². The zero-order chi connectivity index (χ0) is 12.1. The van der Waals surface area contributed by atoms with Crippen molar-refractivity contribution in [2.75, 3.05) is 13.2 Å². The van der Waals surface area contributed by atoms with Crippen LogP contribution in [-0.4, -0.2) is 13.2 Å². The predicted molar refractivity (Wildman–Crippen MR) is 71.3 cm³/mol. The highest BCUT2D eigenvalue weighted by Crippen LogP contribution is 2.30. The fourth-order valence-corrected chi connectivity index (χ4v) is 2.22. The molecule has 92 valence electrons. The summed E-state index contributed by atoms with van der Waals surface area (Å²) < 4.78 is 5.81. The number of ether oxygens (including phenoxy) is 1. The number of nitrogens with one attached hydrogen (secondary N) is 1. The molecule has 1 N–H and O–H groups in total. The van der Waals surface area contributed by atoms with Crippen LogP contribution in [0.5, 0.6) is 5.75 Å². The SMILES string of the molecule is C=C(C)COc1ccccc1C1CCCCN1. The quantitative estimate of drug-likeness (QED) is 0.801. The smallest absolute Gasteiger partial charge is 0.124 e. The first-order chi connectivity index (χ1) is 8.27. The van der Waals surface area contributed by atoms with Crippen LogP contribution in [0.15, 0.2) is 36.4 Å². The molecule has 2 nitrogen and oxygen atoms in total. The van der Waals surface area contributed by atoms with E-state index in [1.165, 1.54) is 24.8 Å². The van der Waals surface area contributed by atoms with Crippen molar-refractivity contribution in [3.63, 3.8) is 0 Å². The van der Waals surface area contributed by atoms with E-state index in [2.05, 4.69) is 30.1 Å². The molecule has 1 fully saturated rings. The minimum atomic E-state index is 0.449. The van der Waals surface area contributed by atoms with Crippen LogP contribution in [0.25, 0.3) is 0 Å². The highest BCUT2D eigenvalue weighted by atomic mass is 16.5. The lowest BCUT2D eigenvalue weighted by Gasteiger charge is -2.25. The summed E-state index contributed by atoms with van der Waals surface area (Å²) in [6.45, 7) is 7.57. The lowest BCUT2D eigenvalue weighted by atomic mass is 9.97. The number of hydrogen-bond donors (Lipinski definition) is 1. The average Bonchev–Trinajstić information content (AvgIpc) is 2.38. The van der Waals surface area contributed by atoms with Gasteiger partial charge in [0.25, 0.3) is 0 Å². The van der Waals surface area contributed by atoms with Gasteiger partial charge in [0.05, 0.1) is 0 Å². The fourth-order valence-electron chi connectivity index (χ4n) is 2.22. The van der Waals surface area contributed by atoms with E-state index in [9.17, 15) is 0 Å². The Kier molecular flexibility index (Phi) is 4.21. The number of benzene rings is 1. The molecule has 1 aliphatic rings. The highest BCUT2D eigenvalue weighted by Gasteiger charge is 2.17. The second-order valence-electron chi connectivity index (χ2n) is 4.79. The maximum absolute atomic E-state index is 5.81. The van der Waals surface area contributed by atoms with Gasteiger partial charge in [-0.2, -0.15) is 0 Å². The van der Waals surface area contributed by atoms with Crippen LogP contribution < -0.4 is 10.1 Å². The van der Waals surface area contributed by atoms with E-state index in [4.69, 9.17) is 4.74 Å². The van der Waals surface area contributed by atoms with Crippen molar-refractivity contribution in [1.29, 1.82) is 0 Å². The van der Waals surface area contributed by atoms with Gasteiger partial charge in [0.2, 0.25) is 0 Å². The number of hydrogen-bond acceptors (Lipinski definition) is 2. The molecule has 1 atom stereocenters. The Morgan fingerprint density at radius 3 is 2.94 bits per heavy atom. The molecule has 0 saturated carbocycles. The summed E-state index contributed by atoms with van der Waals surface area (Å²) in [6.07, 6.45) is 3.78. The number of rotatable bonds is 4. The summed E-state index contributed by atoms with van der Waals surface area (Å²) in [6, 6.07) is 8.77. The fraction of sp³-hybridized carbons (Fsp3) is 0.467. The van der Waals surface area contributed by atoms with E-state index in [0.717, 1.165) is 17.9 Å². The van der Waals surface area contributed by atoms with E-state index in [1.54, 1.807) is 0 Å². The Labute approximate surface area is 104 Å². The molecule has 0 aromatic heterocycles. The molecule has 0 aliphatic carbocycles. The van der Waals surface area contributed by atoms with Gasteiger partial charge < -0.3 is 10.1 Å². The third-order valence-electron chi connectivity index (χ3n) is 3.08. The van der Waals surface area contributed by atoms with Gasteiger partial charge >= 0.3 is 0 Å². The molecule has 0 bridgehead atoms. The van der Waals surface area contributed by atoms with Gasteiger partial charge in [-0.25, -0.2) is 0 Å². The Morgan fingerprint density at radius 1 is 1.41 bits per heavy atom. The van der Waals surface area contributed by atoms with Gasteiger partial charge in [0.1, 0.15) is 12.4 Å². The first-order valence-corrected chi connectivity index (χ1v) is 6.37. The van der Waals surface area contributed by atoms with Crippen LogP contribution in [-0.2, 0) is 0 Å². The van der Waals surface area contributed by atoms with Crippen molar-refractivity contribution >= 4 is 0 Å². The Morgan fingerprint density at radius 2 is 2.24 bits per heavy atom. The molecule has 1 aliphatic heterocycles. The normalized spacial score (nSPS) is 19.9. The van der Waals surface area contributed by atoms with E-state index in [0.29, 0.717) is 12.6 Å². The van der Waals surface area contributed by atoms with Gasteiger partial charge in [-0.15, -0.1) is 0 Å². The third kappa shape index (κ3) is 3.34. The van der Waals surface area contributed by atoms with Gasteiger partial charge in [-0.05, 0) is 37.9 Å². The molecule has 0 spiro atoms. The van der Waals surface area contributed by atoms with Gasteiger partial charge in [-0.3, -0.25) is 0 Å². The summed E-state index contributed by atoms with van der Waals surface area (Å²) in [5, 5.41) is 3.56. The van der Waals surface area contributed by atoms with Crippen LogP contribution in [0, 0.1) is 0 Å². The monoisotopic (exact) mass is 231 g/mol. The van der Waals surface area contributed by atoms with Crippen molar-refractivity contribution in [2.24, 2.45) is 0 Å². The molecule has 2 rings (SSSR count). The molecule has 1 heterocycles. The topological polar surface area (TPSA) is 21.3 Å². The molecule has 0 radical (unpaired) electrons. The van der Waals surface area contributed by atoms with E-state index in [1.807, 2.05) is 13.0 Å². The molecule has 1 saturated heterocycles. The molecule has 1 aromatic carbocycles. The minimum absolute atomic E-state index is 0.449. The summed E-state index contributed by atoms with van der Waals surface area (Å²) >= 11 is 0. The minimum Gasteiger partial charge on any atom is -0.489 e. The van der Waals surface area contributed by atoms with Crippen molar-refractivity contribution in [2.45, 2.75) is 32.2 Å². The second kappa shape index (κ2) is 5.87. The zero-order valence-corrected chi connectivity index (χ0v) is 10.5. The van der Waals surface area contributed by atoms with E-state index < -0.39 is 0 Å². The van der Waals surface area contributed by atoms with Crippen LogP contribution >= 0.6 is 0 Å². The summed E-state index contributed by atoms with van der Waals surface area (Å²) in [5.41, 5.74) is 2.34. The Balaban J connectivity index is 2.11. The van der Waals surface area contributed by atoms with E-state index in [-0.39, 0.29) is 0 Å². The van der Waals surface area contributed by atoms with Gasteiger partial charge in [0.15, 0.2) is 0 Å². The molecule has 17 heavy (non-hydrogen) atoms. The maximum atomic E-state index is 5.81. The van der Waals surface area contributed by atoms with Crippen LogP contribution in [0.3, 0.4) is 0 Å². The largest absolute Gasteiger partial charge is 0.489 e. The second-order valence-corrected chi connectivity index (χ2v) is 4.79. The number of para-hydroxylation sites is 1. The molecule has 0 amide bonds. The van der Waals surface area contributed by atoms with Crippen molar-refractivity contribution in [3.05, 3.63) is 42.0 Å². The summed E-state index contributed by atoms with van der Waals surface area (Å²) in [5.74, 6) is 0.995. The van der Waals surface area contributed by atoms with Crippen LogP contribution in [0.1, 0.15) is 37.8 Å². The predicted octanol–water partition coefficient (Wildman–Crippen LogP) is 3.46. The summed E-state index contributed by atoms with van der Waals surface area (Å²) in [4.78, 5) is 0. The molecular weight excluding hydrogens is 210 g/mol. The maximum Gasteiger partial charge on any atom is 0.124 e. The zero-order valence-electron chi connectivity index (χ0n) is 10.5. The molecular formula is C15H21NO. The lowest BCUT2D eigenvalue weighted by Crippen LogP contribution is -2.27. The lowest BCUT2D eigenvalue weighted by molar-refractivity contribution is 0.334. The first kappa shape index (κ1) is 12.2. The van der Waals surface area contributed by atoms with Crippen molar-refractivity contribution in [3.8, 4) is 5.75 Å².